The van der Waals surface area contributed by atoms with Crippen LogP contribution in [0.3, 0.4) is 0 Å². The van der Waals surface area contributed by atoms with Gasteiger partial charge in [0.2, 0.25) is 0 Å². The van der Waals surface area contributed by atoms with E-state index in [0.717, 1.165) is 19.5 Å². The summed E-state index contributed by atoms with van der Waals surface area (Å²) in [5, 5.41) is 12.9. The van der Waals surface area contributed by atoms with Crippen molar-refractivity contribution in [1.29, 1.82) is 0 Å². The fraction of sp³-hybridized carbons (Fsp3) is 1.00. The molecule has 0 rings (SSSR count). The molecular weight excluding hydrogens is 162 g/mol. The largest absolute Gasteiger partial charge is 0.392 e. The maximum absolute atomic E-state index is 9.64. The fourth-order valence-corrected chi connectivity index (χ4v) is 1.32. The summed E-state index contributed by atoms with van der Waals surface area (Å²) in [5.74, 6) is 0.654. The molecule has 1 atom stereocenters. The summed E-state index contributed by atoms with van der Waals surface area (Å²) in [6.07, 6.45) is 0.650. The van der Waals surface area contributed by atoms with Gasteiger partial charge in [-0.1, -0.05) is 34.6 Å². The molecule has 2 nitrogen and oxygen atoms in total. The lowest BCUT2D eigenvalue weighted by Crippen LogP contribution is -2.32. The van der Waals surface area contributed by atoms with Crippen LogP contribution in [-0.2, 0) is 0 Å². The number of hydrogen-bond acceptors (Lipinski definition) is 2. The van der Waals surface area contributed by atoms with Crippen LogP contribution in [-0.4, -0.2) is 24.3 Å². The molecule has 0 radical (unpaired) electrons. The van der Waals surface area contributed by atoms with E-state index in [1.165, 1.54) is 0 Å². The van der Waals surface area contributed by atoms with E-state index in [9.17, 15) is 5.11 Å². The smallest absolute Gasteiger partial charge is 0.0669 e. The Morgan fingerprint density at radius 3 is 2.08 bits per heavy atom. The normalized spacial score (nSPS) is 15.0. The molecule has 0 aliphatic carbocycles. The van der Waals surface area contributed by atoms with Gasteiger partial charge in [-0.15, -0.1) is 0 Å². The van der Waals surface area contributed by atoms with Crippen LogP contribution in [0.1, 0.15) is 41.0 Å². The highest BCUT2D eigenvalue weighted by Crippen LogP contribution is 2.20. The van der Waals surface area contributed by atoms with Crippen molar-refractivity contribution in [3.63, 3.8) is 0 Å². The molecule has 0 spiro atoms. The second-order valence-electron chi connectivity index (χ2n) is 5.47. The van der Waals surface area contributed by atoms with Gasteiger partial charge in [0.1, 0.15) is 0 Å². The van der Waals surface area contributed by atoms with Crippen LogP contribution < -0.4 is 5.32 Å². The van der Waals surface area contributed by atoms with Crippen molar-refractivity contribution >= 4 is 0 Å². The number of nitrogens with one attached hydrogen (secondary N) is 1. The van der Waals surface area contributed by atoms with Gasteiger partial charge in [-0.05, 0) is 24.3 Å². The van der Waals surface area contributed by atoms with Gasteiger partial charge < -0.3 is 10.4 Å². The Bertz CT molecular complexity index is 127. The molecule has 0 fully saturated rings. The molecule has 0 amide bonds. The average molecular weight is 187 g/mol. The van der Waals surface area contributed by atoms with Crippen molar-refractivity contribution in [1.82, 2.24) is 5.32 Å². The van der Waals surface area contributed by atoms with Crippen molar-refractivity contribution in [2.24, 2.45) is 11.3 Å². The Morgan fingerprint density at radius 2 is 1.69 bits per heavy atom. The quantitative estimate of drug-likeness (QED) is 0.690. The monoisotopic (exact) mass is 187 g/mol. The summed E-state index contributed by atoms with van der Waals surface area (Å²) in [6, 6.07) is 0. The van der Waals surface area contributed by atoms with E-state index in [0.29, 0.717) is 5.92 Å². The first-order valence-electron chi connectivity index (χ1n) is 5.20. The van der Waals surface area contributed by atoms with Crippen LogP contribution in [0.25, 0.3) is 0 Å². The van der Waals surface area contributed by atoms with Crippen LogP contribution >= 0.6 is 0 Å². The van der Waals surface area contributed by atoms with Crippen molar-refractivity contribution in [3.05, 3.63) is 0 Å². The van der Waals surface area contributed by atoms with Crippen molar-refractivity contribution in [3.8, 4) is 0 Å². The number of aliphatic hydroxyl groups is 1. The Kier molecular flexibility index (Phi) is 5.57. The fourth-order valence-electron chi connectivity index (χ4n) is 1.32. The molecule has 0 bridgehead atoms. The molecule has 0 heterocycles. The van der Waals surface area contributed by atoms with Crippen molar-refractivity contribution in [2.45, 2.75) is 47.1 Å². The molecule has 0 aliphatic rings. The predicted octanol–water partition coefficient (Wildman–Crippen LogP) is 2.03. The third-order valence-corrected chi connectivity index (χ3v) is 1.78. The molecule has 13 heavy (non-hydrogen) atoms. The first-order valence-corrected chi connectivity index (χ1v) is 5.20. The zero-order chi connectivity index (χ0) is 10.5. The van der Waals surface area contributed by atoms with E-state index in [2.05, 4.69) is 39.9 Å². The summed E-state index contributed by atoms with van der Waals surface area (Å²) in [7, 11) is 0. The molecule has 0 aliphatic heterocycles. The van der Waals surface area contributed by atoms with Gasteiger partial charge in [-0.25, -0.2) is 0 Å². The minimum atomic E-state index is -0.209. The number of aliphatic hydroxyl groups excluding tert-OH is 1. The van der Waals surface area contributed by atoms with Gasteiger partial charge in [0, 0.05) is 6.54 Å². The van der Waals surface area contributed by atoms with Gasteiger partial charge in [0.15, 0.2) is 0 Å². The van der Waals surface area contributed by atoms with Gasteiger partial charge in [-0.2, -0.15) is 0 Å². The van der Waals surface area contributed by atoms with E-state index in [1.807, 2.05) is 0 Å². The summed E-state index contributed by atoms with van der Waals surface area (Å²) >= 11 is 0. The minimum absolute atomic E-state index is 0.209. The maximum Gasteiger partial charge on any atom is 0.0669 e. The zero-order valence-corrected chi connectivity index (χ0v) is 9.72. The van der Waals surface area contributed by atoms with E-state index in [-0.39, 0.29) is 11.5 Å². The van der Waals surface area contributed by atoms with Crippen LogP contribution in [0.5, 0.6) is 0 Å². The van der Waals surface area contributed by atoms with Crippen LogP contribution in [0.15, 0.2) is 0 Å². The highest BCUT2D eigenvalue weighted by atomic mass is 16.3. The second kappa shape index (κ2) is 5.61. The number of rotatable bonds is 5. The third kappa shape index (κ3) is 9.84. The molecule has 2 N–H and O–H groups in total. The Balaban J connectivity index is 3.46. The molecule has 0 aromatic rings. The topological polar surface area (TPSA) is 32.3 Å². The highest BCUT2D eigenvalue weighted by molar-refractivity contribution is 4.69. The summed E-state index contributed by atoms with van der Waals surface area (Å²) in [6.45, 7) is 12.5. The Labute approximate surface area is 82.7 Å². The lowest BCUT2D eigenvalue weighted by molar-refractivity contribution is 0.119. The first-order chi connectivity index (χ1) is 5.81. The Morgan fingerprint density at radius 1 is 1.15 bits per heavy atom. The standard InChI is InChI=1S/C11H25NO/c1-9(2)7-12-8-10(13)6-11(3,4)5/h9-10,12-13H,6-8H2,1-5H3. The summed E-state index contributed by atoms with van der Waals surface area (Å²) < 4.78 is 0. The summed E-state index contributed by atoms with van der Waals surface area (Å²) in [5.41, 5.74) is 0.221. The summed E-state index contributed by atoms with van der Waals surface area (Å²) in [4.78, 5) is 0. The molecule has 0 aromatic heterocycles. The number of hydrogen-bond donors (Lipinski definition) is 2. The first kappa shape index (κ1) is 12.9. The molecule has 0 saturated heterocycles. The third-order valence-electron chi connectivity index (χ3n) is 1.78. The molecule has 0 aromatic carbocycles. The van der Waals surface area contributed by atoms with Crippen LogP contribution in [0.2, 0.25) is 0 Å². The maximum atomic E-state index is 9.64. The van der Waals surface area contributed by atoms with Gasteiger partial charge in [-0.3, -0.25) is 0 Å². The van der Waals surface area contributed by atoms with Gasteiger partial charge >= 0.3 is 0 Å². The van der Waals surface area contributed by atoms with Crippen molar-refractivity contribution < 1.29 is 5.11 Å². The minimum Gasteiger partial charge on any atom is -0.392 e. The predicted molar refractivity (Wildman–Crippen MR) is 57.8 cm³/mol. The molecular formula is C11H25NO. The SMILES string of the molecule is CC(C)CNCC(O)CC(C)(C)C. The van der Waals surface area contributed by atoms with E-state index >= 15 is 0 Å². The molecule has 80 valence electrons. The lowest BCUT2D eigenvalue weighted by atomic mass is 9.89. The lowest BCUT2D eigenvalue weighted by Gasteiger charge is -2.22. The van der Waals surface area contributed by atoms with Crippen LogP contribution in [0, 0.1) is 11.3 Å². The van der Waals surface area contributed by atoms with E-state index in [1.54, 1.807) is 0 Å². The molecule has 0 saturated carbocycles. The average Bonchev–Trinajstić information content (AvgIpc) is 1.81. The molecule has 2 heteroatoms. The second-order valence-corrected chi connectivity index (χ2v) is 5.47. The Hall–Kier alpha value is -0.0800. The van der Waals surface area contributed by atoms with Crippen LogP contribution in [0.4, 0.5) is 0 Å². The van der Waals surface area contributed by atoms with Gasteiger partial charge in [0.05, 0.1) is 6.10 Å². The zero-order valence-electron chi connectivity index (χ0n) is 9.72. The highest BCUT2D eigenvalue weighted by Gasteiger charge is 2.15. The molecule has 1 unspecified atom stereocenters. The van der Waals surface area contributed by atoms with E-state index < -0.39 is 0 Å². The van der Waals surface area contributed by atoms with Gasteiger partial charge in [0.25, 0.3) is 0 Å². The van der Waals surface area contributed by atoms with Crippen molar-refractivity contribution in [2.75, 3.05) is 13.1 Å². The van der Waals surface area contributed by atoms with E-state index in [4.69, 9.17) is 0 Å².